The monoisotopic (exact) mass is 307 g/mol. The molecule has 3 rings (SSSR count). The average molecular weight is 307 g/mol. The number of amides is 1. The number of hydrogen-bond acceptors (Lipinski definition) is 4. The molecule has 0 saturated heterocycles. The van der Waals surface area contributed by atoms with Crippen LogP contribution in [0.5, 0.6) is 5.75 Å². The van der Waals surface area contributed by atoms with Crippen LogP contribution in [0.1, 0.15) is 21.7 Å². The van der Waals surface area contributed by atoms with E-state index in [0.717, 1.165) is 22.3 Å². The van der Waals surface area contributed by atoms with Gasteiger partial charge in [0, 0.05) is 11.6 Å². The van der Waals surface area contributed by atoms with Crippen molar-refractivity contribution in [3.8, 4) is 5.75 Å². The predicted octanol–water partition coefficient (Wildman–Crippen LogP) is 2.88. The molecule has 0 spiro atoms. The van der Waals surface area contributed by atoms with Crippen LogP contribution < -0.4 is 10.1 Å². The van der Waals surface area contributed by atoms with E-state index in [9.17, 15) is 4.79 Å². The van der Waals surface area contributed by atoms with Crippen LogP contribution in [0.3, 0.4) is 0 Å². The minimum atomic E-state index is -0.162. The number of carbonyl (C=O) groups excluding carboxylic acids is 1. The maximum absolute atomic E-state index is 12.4. The molecule has 0 bridgehead atoms. The molecule has 3 aromatic rings. The molecule has 116 valence electrons. The van der Waals surface area contributed by atoms with E-state index in [1.165, 1.54) is 0 Å². The Hall–Kier alpha value is -2.95. The number of rotatable bonds is 4. The maximum atomic E-state index is 12.4. The summed E-state index contributed by atoms with van der Waals surface area (Å²) in [5.41, 5.74) is 2.90. The third kappa shape index (κ3) is 3.29. The number of aryl methyl sites for hydroxylation is 1. The van der Waals surface area contributed by atoms with Crippen molar-refractivity contribution < 1.29 is 9.53 Å². The molecule has 1 amide bonds. The van der Waals surface area contributed by atoms with Crippen molar-refractivity contribution in [2.75, 3.05) is 7.11 Å². The number of ether oxygens (including phenoxy) is 1. The van der Waals surface area contributed by atoms with Crippen molar-refractivity contribution in [3.05, 3.63) is 65.6 Å². The molecule has 0 unspecified atom stereocenters. The zero-order valence-corrected chi connectivity index (χ0v) is 13.0. The fourth-order valence-electron chi connectivity index (χ4n) is 2.38. The van der Waals surface area contributed by atoms with E-state index in [0.29, 0.717) is 17.8 Å². The molecule has 0 aliphatic rings. The number of hydrogen-bond donors (Lipinski definition) is 1. The lowest BCUT2D eigenvalue weighted by Gasteiger charge is -2.09. The lowest BCUT2D eigenvalue weighted by Crippen LogP contribution is -2.24. The van der Waals surface area contributed by atoms with Gasteiger partial charge in [-0.3, -0.25) is 14.8 Å². The molecule has 2 aromatic heterocycles. The Morgan fingerprint density at radius 3 is 2.83 bits per heavy atom. The van der Waals surface area contributed by atoms with Crippen molar-refractivity contribution in [2.24, 2.45) is 0 Å². The van der Waals surface area contributed by atoms with Crippen LogP contribution in [0.2, 0.25) is 0 Å². The summed E-state index contributed by atoms with van der Waals surface area (Å²) < 4.78 is 5.22. The van der Waals surface area contributed by atoms with Gasteiger partial charge >= 0.3 is 0 Å². The van der Waals surface area contributed by atoms with Gasteiger partial charge in [0.15, 0.2) is 0 Å². The van der Waals surface area contributed by atoms with Gasteiger partial charge in [0.05, 0.1) is 36.1 Å². The minimum absolute atomic E-state index is 0.162. The van der Waals surface area contributed by atoms with E-state index in [2.05, 4.69) is 15.3 Å². The second kappa shape index (κ2) is 6.44. The summed E-state index contributed by atoms with van der Waals surface area (Å²) in [4.78, 5) is 21.1. The largest absolute Gasteiger partial charge is 0.497 e. The first-order chi connectivity index (χ1) is 11.2. The Morgan fingerprint density at radius 1 is 1.22 bits per heavy atom. The van der Waals surface area contributed by atoms with Crippen molar-refractivity contribution in [3.63, 3.8) is 0 Å². The summed E-state index contributed by atoms with van der Waals surface area (Å²) >= 11 is 0. The Kier molecular flexibility index (Phi) is 4.19. The van der Waals surface area contributed by atoms with Crippen LogP contribution in [0, 0.1) is 6.92 Å². The molecule has 5 nitrogen and oxygen atoms in total. The van der Waals surface area contributed by atoms with E-state index in [4.69, 9.17) is 4.74 Å². The predicted molar refractivity (Wildman–Crippen MR) is 88.4 cm³/mol. The van der Waals surface area contributed by atoms with E-state index in [1.807, 2.05) is 49.4 Å². The van der Waals surface area contributed by atoms with E-state index in [-0.39, 0.29) is 5.91 Å². The third-order valence-corrected chi connectivity index (χ3v) is 3.61. The maximum Gasteiger partial charge on any atom is 0.253 e. The molecular formula is C18H17N3O2. The van der Waals surface area contributed by atoms with Crippen LogP contribution in [-0.4, -0.2) is 23.0 Å². The Balaban J connectivity index is 1.85. The number of methoxy groups -OCH3 is 1. The number of nitrogens with one attached hydrogen (secondary N) is 1. The molecule has 2 heterocycles. The quantitative estimate of drug-likeness (QED) is 0.805. The first-order valence-electron chi connectivity index (χ1n) is 7.31. The van der Waals surface area contributed by atoms with Gasteiger partial charge in [0.25, 0.3) is 5.91 Å². The second-order valence-electron chi connectivity index (χ2n) is 5.18. The van der Waals surface area contributed by atoms with Gasteiger partial charge in [-0.1, -0.05) is 6.07 Å². The smallest absolute Gasteiger partial charge is 0.253 e. The molecule has 0 saturated carbocycles. The van der Waals surface area contributed by atoms with E-state index in [1.54, 1.807) is 13.3 Å². The van der Waals surface area contributed by atoms with Crippen molar-refractivity contribution in [1.82, 2.24) is 15.3 Å². The van der Waals surface area contributed by atoms with Gasteiger partial charge in [-0.05, 0) is 43.3 Å². The fraction of sp³-hybridized carbons (Fsp3) is 0.167. The number of carbonyl (C=O) groups is 1. The molecule has 1 N–H and O–H groups in total. The highest BCUT2D eigenvalue weighted by atomic mass is 16.5. The average Bonchev–Trinajstić information content (AvgIpc) is 2.59. The van der Waals surface area contributed by atoms with E-state index < -0.39 is 0 Å². The second-order valence-corrected chi connectivity index (χ2v) is 5.18. The number of aromatic nitrogens is 2. The minimum Gasteiger partial charge on any atom is -0.497 e. The zero-order chi connectivity index (χ0) is 16.2. The third-order valence-electron chi connectivity index (χ3n) is 3.61. The summed E-state index contributed by atoms with van der Waals surface area (Å²) in [6.45, 7) is 2.22. The highest BCUT2D eigenvalue weighted by molar-refractivity contribution is 5.98. The molecule has 0 fully saturated rings. The van der Waals surface area contributed by atoms with Crippen LogP contribution in [0.4, 0.5) is 0 Å². The van der Waals surface area contributed by atoms with Crippen LogP contribution in [0.25, 0.3) is 10.9 Å². The molecule has 0 radical (unpaired) electrons. The molecule has 5 heteroatoms. The summed E-state index contributed by atoms with van der Waals surface area (Å²) in [5.74, 6) is 0.577. The van der Waals surface area contributed by atoms with Gasteiger partial charge in [0.1, 0.15) is 5.75 Å². The standard InChI is InChI=1S/C18H17N3O2/c1-12-16(18(22)20-11-14-5-3-4-8-19-14)10-13-9-15(23-2)6-7-17(13)21-12/h3-10H,11H2,1-2H3,(H,20,22). The van der Waals surface area contributed by atoms with Crippen LogP contribution >= 0.6 is 0 Å². The van der Waals surface area contributed by atoms with Gasteiger partial charge in [0.2, 0.25) is 0 Å². The topological polar surface area (TPSA) is 64.1 Å². The van der Waals surface area contributed by atoms with Gasteiger partial charge < -0.3 is 10.1 Å². The van der Waals surface area contributed by atoms with E-state index >= 15 is 0 Å². The lowest BCUT2D eigenvalue weighted by atomic mass is 10.1. The molecular weight excluding hydrogens is 290 g/mol. The molecule has 23 heavy (non-hydrogen) atoms. The Morgan fingerprint density at radius 2 is 2.09 bits per heavy atom. The summed E-state index contributed by atoms with van der Waals surface area (Å²) in [6, 6.07) is 13.1. The first-order valence-corrected chi connectivity index (χ1v) is 7.31. The molecule has 1 aromatic carbocycles. The van der Waals surface area contributed by atoms with Gasteiger partial charge in [-0.2, -0.15) is 0 Å². The summed E-state index contributed by atoms with van der Waals surface area (Å²) in [7, 11) is 1.61. The van der Waals surface area contributed by atoms with Gasteiger partial charge in [-0.15, -0.1) is 0 Å². The normalized spacial score (nSPS) is 10.5. The van der Waals surface area contributed by atoms with Crippen molar-refractivity contribution in [1.29, 1.82) is 0 Å². The van der Waals surface area contributed by atoms with Crippen LogP contribution in [-0.2, 0) is 6.54 Å². The molecule has 0 aliphatic heterocycles. The van der Waals surface area contributed by atoms with Crippen molar-refractivity contribution >= 4 is 16.8 Å². The summed E-state index contributed by atoms with van der Waals surface area (Å²) in [5, 5.41) is 3.75. The SMILES string of the molecule is COc1ccc2nc(C)c(C(=O)NCc3ccccn3)cc2c1. The highest BCUT2D eigenvalue weighted by Gasteiger charge is 2.12. The number of pyridine rings is 2. The number of benzene rings is 1. The fourth-order valence-corrected chi connectivity index (χ4v) is 2.38. The van der Waals surface area contributed by atoms with Crippen LogP contribution in [0.15, 0.2) is 48.7 Å². The lowest BCUT2D eigenvalue weighted by molar-refractivity contribution is 0.0949. The first kappa shape index (κ1) is 15.0. The highest BCUT2D eigenvalue weighted by Crippen LogP contribution is 2.21. The molecule has 0 atom stereocenters. The van der Waals surface area contributed by atoms with Crippen molar-refractivity contribution in [2.45, 2.75) is 13.5 Å². The Bertz CT molecular complexity index is 848. The number of nitrogens with zero attached hydrogens (tertiary/aromatic N) is 2. The Labute approximate surface area is 134 Å². The zero-order valence-electron chi connectivity index (χ0n) is 13.0. The number of fused-ring (bicyclic) bond motifs is 1. The summed E-state index contributed by atoms with van der Waals surface area (Å²) in [6.07, 6.45) is 1.70. The molecule has 0 aliphatic carbocycles. The van der Waals surface area contributed by atoms with Gasteiger partial charge in [-0.25, -0.2) is 0 Å².